The maximum atomic E-state index is 13.0. The first kappa shape index (κ1) is 24.0. The van der Waals surface area contributed by atoms with Gasteiger partial charge < -0.3 is 20.1 Å². The first-order chi connectivity index (χ1) is 15.6. The van der Waals surface area contributed by atoms with E-state index < -0.39 is 29.9 Å². The van der Waals surface area contributed by atoms with Gasteiger partial charge in [0.2, 0.25) is 0 Å². The summed E-state index contributed by atoms with van der Waals surface area (Å²) in [5, 5.41) is 27.7. The molecule has 1 unspecified atom stereocenters. The number of rotatable bonds is 8. The standard InChI is InChI=1S/C22H17NO8S2/c1-2-16(21(29)30)31-15-5-3-4-11(6-15)7-17-18(24)23(22(32)33-17)14-9-12(19(25)26)8-13(10-14)20(27)28/h3-10,16H,2H2,1H3,(H,25,26)(H,27,28)(H,29,30)/b17-7-. The highest BCUT2D eigenvalue weighted by Crippen LogP contribution is 2.37. The zero-order valence-electron chi connectivity index (χ0n) is 17.0. The molecule has 1 aliphatic rings. The number of amides is 1. The van der Waals surface area contributed by atoms with Crippen LogP contribution in [-0.4, -0.2) is 49.6 Å². The lowest BCUT2D eigenvalue weighted by atomic mass is 10.1. The van der Waals surface area contributed by atoms with Crippen LogP contribution in [-0.2, 0) is 9.59 Å². The smallest absolute Gasteiger partial charge is 0.344 e. The predicted molar refractivity (Wildman–Crippen MR) is 125 cm³/mol. The number of thiocarbonyl (C=S) groups is 1. The van der Waals surface area contributed by atoms with Crippen molar-refractivity contribution in [3.63, 3.8) is 0 Å². The molecule has 2 aromatic carbocycles. The minimum Gasteiger partial charge on any atom is -0.479 e. The van der Waals surface area contributed by atoms with E-state index in [1.807, 2.05) is 0 Å². The molecule has 0 radical (unpaired) electrons. The quantitative estimate of drug-likeness (QED) is 0.372. The molecule has 1 amide bonds. The number of hydrogen-bond acceptors (Lipinski definition) is 7. The van der Waals surface area contributed by atoms with Gasteiger partial charge in [0.05, 0.1) is 21.7 Å². The van der Waals surface area contributed by atoms with Crippen molar-refractivity contribution in [2.75, 3.05) is 4.90 Å². The van der Waals surface area contributed by atoms with Gasteiger partial charge in [-0.3, -0.25) is 9.69 Å². The van der Waals surface area contributed by atoms with Crippen molar-refractivity contribution in [1.29, 1.82) is 0 Å². The molecule has 3 N–H and O–H groups in total. The molecule has 1 aliphatic heterocycles. The summed E-state index contributed by atoms with van der Waals surface area (Å²) in [6.07, 6.45) is 0.794. The highest BCUT2D eigenvalue weighted by Gasteiger charge is 2.34. The van der Waals surface area contributed by atoms with Crippen molar-refractivity contribution in [1.82, 2.24) is 0 Å². The van der Waals surface area contributed by atoms with Gasteiger partial charge in [-0.25, -0.2) is 14.4 Å². The van der Waals surface area contributed by atoms with Crippen LogP contribution in [0.15, 0.2) is 47.4 Å². The highest BCUT2D eigenvalue weighted by atomic mass is 32.2. The topological polar surface area (TPSA) is 141 Å². The largest absolute Gasteiger partial charge is 0.479 e. The molecule has 3 rings (SSSR count). The Balaban J connectivity index is 1.92. The van der Waals surface area contributed by atoms with Crippen LogP contribution >= 0.6 is 24.0 Å². The lowest BCUT2D eigenvalue weighted by molar-refractivity contribution is -0.145. The molecular formula is C22H17NO8S2. The molecule has 2 aromatic rings. The Morgan fingerprint density at radius 1 is 1.09 bits per heavy atom. The Morgan fingerprint density at radius 3 is 2.27 bits per heavy atom. The molecule has 1 fully saturated rings. The van der Waals surface area contributed by atoms with Crippen LogP contribution in [0.3, 0.4) is 0 Å². The summed E-state index contributed by atoms with van der Waals surface area (Å²) in [7, 11) is 0. The van der Waals surface area contributed by atoms with Crippen molar-refractivity contribution < 1.29 is 39.2 Å². The summed E-state index contributed by atoms with van der Waals surface area (Å²) >= 11 is 6.25. The second-order valence-electron chi connectivity index (χ2n) is 6.82. The summed E-state index contributed by atoms with van der Waals surface area (Å²) < 4.78 is 5.58. The average molecular weight is 488 g/mol. The fourth-order valence-corrected chi connectivity index (χ4v) is 4.28. The van der Waals surface area contributed by atoms with Gasteiger partial charge in [-0.05, 0) is 48.4 Å². The maximum Gasteiger partial charge on any atom is 0.344 e. The van der Waals surface area contributed by atoms with E-state index in [1.165, 1.54) is 18.2 Å². The Hall–Kier alpha value is -3.70. The summed E-state index contributed by atoms with van der Waals surface area (Å²) in [6.45, 7) is 1.68. The second-order valence-corrected chi connectivity index (χ2v) is 8.50. The number of aromatic carboxylic acids is 2. The summed E-state index contributed by atoms with van der Waals surface area (Å²) in [4.78, 5) is 48.3. The number of ether oxygens (including phenoxy) is 1. The van der Waals surface area contributed by atoms with Crippen molar-refractivity contribution in [2.24, 2.45) is 0 Å². The molecule has 0 aliphatic carbocycles. The molecule has 0 bridgehead atoms. The lowest BCUT2D eigenvalue weighted by Crippen LogP contribution is -2.28. The zero-order valence-corrected chi connectivity index (χ0v) is 18.7. The predicted octanol–water partition coefficient (Wildman–Crippen LogP) is 3.73. The molecule has 170 valence electrons. The van der Waals surface area contributed by atoms with Crippen LogP contribution < -0.4 is 9.64 Å². The second kappa shape index (κ2) is 9.84. The van der Waals surface area contributed by atoms with Crippen LogP contribution in [0.2, 0.25) is 0 Å². The van der Waals surface area contributed by atoms with Gasteiger partial charge in [0.15, 0.2) is 10.4 Å². The van der Waals surface area contributed by atoms with E-state index in [1.54, 1.807) is 31.2 Å². The van der Waals surface area contributed by atoms with Gasteiger partial charge in [0.1, 0.15) is 5.75 Å². The molecule has 9 nitrogen and oxygen atoms in total. The molecule has 1 saturated heterocycles. The van der Waals surface area contributed by atoms with E-state index in [9.17, 15) is 29.4 Å². The maximum absolute atomic E-state index is 13.0. The molecule has 0 saturated carbocycles. The first-order valence-corrected chi connectivity index (χ1v) is 10.7. The van der Waals surface area contributed by atoms with E-state index in [2.05, 4.69) is 0 Å². The number of nitrogens with zero attached hydrogens (tertiary/aromatic N) is 1. The number of carbonyl (C=O) groups is 4. The summed E-state index contributed by atoms with van der Waals surface area (Å²) in [5.74, 6) is -4.01. The molecule has 0 spiro atoms. The van der Waals surface area contributed by atoms with Gasteiger partial charge >= 0.3 is 17.9 Å². The fourth-order valence-electron chi connectivity index (χ4n) is 2.98. The van der Waals surface area contributed by atoms with Crippen molar-refractivity contribution in [3.8, 4) is 5.75 Å². The molecular weight excluding hydrogens is 470 g/mol. The van der Waals surface area contributed by atoms with Crippen LogP contribution in [0.25, 0.3) is 6.08 Å². The SMILES string of the molecule is CCC(Oc1cccc(/C=C2\SC(=S)N(c3cc(C(=O)O)cc(C(=O)O)c3)C2=O)c1)C(=O)O. The van der Waals surface area contributed by atoms with Crippen LogP contribution in [0, 0.1) is 0 Å². The van der Waals surface area contributed by atoms with Crippen LogP contribution in [0.4, 0.5) is 5.69 Å². The molecule has 1 atom stereocenters. The number of anilines is 1. The minimum absolute atomic E-state index is 0.0301. The van der Waals surface area contributed by atoms with Crippen molar-refractivity contribution in [2.45, 2.75) is 19.4 Å². The third-order valence-electron chi connectivity index (χ3n) is 4.54. The number of carboxylic acid groups (broad SMARTS) is 3. The number of carbonyl (C=O) groups excluding carboxylic acids is 1. The monoisotopic (exact) mass is 487 g/mol. The number of hydrogen-bond donors (Lipinski definition) is 3. The Kier molecular flexibility index (Phi) is 7.14. The molecule has 1 heterocycles. The zero-order chi connectivity index (χ0) is 24.3. The number of benzene rings is 2. The Morgan fingerprint density at radius 2 is 1.73 bits per heavy atom. The van der Waals surface area contributed by atoms with E-state index >= 15 is 0 Å². The van der Waals surface area contributed by atoms with Gasteiger partial charge in [-0.2, -0.15) is 0 Å². The third kappa shape index (κ3) is 5.38. The van der Waals surface area contributed by atoms with Crippen LogP contribution in [0.5, 0.6) is 5.75 Å². The number of carboxylic acids is 3. The minimum atomic E-state index is -1.34. The normalized spacial score (nSPS) is 15.5. The third-order valence-corrected chi connectivity index (χ3v) is 5.85. The van der Waals surface area contributed by atoms with E-state index in [-0.39, 0.29) is 32.5 Å². The molecule has 0 aromatic heterocycles. The van der Waals surface area contributed by atoms with E-state index in [0.717, 1.165) is 22.7 Å². The Bertz CT molecular complexity index is 1170. The van der Waals surface area contributed by atoms with E-state index in [4.69, 9.17) is 22.1 Å². The van der Waals surface area contributed by atoms with Crippen molar-refractivity contribution in [3.05, 3.63) is 64.1 Å². The molecule has 11 heteroatoms. The van der Waals surface area contributed by atoms with E-state index in [0.29, 0.717) is 11.3 Å². The fraction of sp³-hybridized carbons (Fsp3) is 0.136. The number of thioether (sulfide) groups is 1. The summed E-state index contributed by atoms with van der Waals surface area (Å²) in [6, 6.07) is 9.85. The summed E-state index contributed by atoms with van der Waals surface area (Å²) in [5.41, 5.74) is -0.00494. The Labute approximate surface area is 197 Å². The first-order valence-electron chi connectivity index (χ1n) is 9.50. The lowest BCUT2D eigenvalue weighted by Gasteiger charge is -2.16. The van der Waals surface area contributed by atoms with Gasteiger partial charge in [-0.1, -0.05) is 43.0 Å². The average Bonchev–Trinajstić information content (AvgIpc) is 3.04. The van der Waals surface area contributed by atoms with Crippen molar-refractivity contribution >= 4 is 63.9 Å². The van der Waals surface area contributed by atoms with Crippen LogP contribution in [0.1, 0.15) is 39.6 Å². The van der Waals surface area contributed by atoms with Gasteiger partial charge in [0.25, 0.3) is 5.91 Å². The van der Waals surface area contributed by atoms with Gasteiger partial charge in [-0.15, -0.1) is 0 Å². The number of aliphatic carboxylic acids is 1. The highest BCUT2D eigenvalue weighted by molar-refractivity contribution is 8.27. The van der Waals surface area contributed by atoms with Gasteiger partial charge in [0, 0.05) is 0 Å². The molecule has 33 heavy (non-hydrogen) atoms.